The van der Waals surface area contributed by atoms with Gasteiger partial charge in [-0.3, -0.25) is 4.79 Å². The molecular weight excluding hydrogens is 126 g/mol. The zero-order valence-corrected chi connectivity index (χ0v) is 7.27. The highest BCUT2D eigenvalue weighted by Crippen LogP contribution is 2.01. The van der Waals surface area contributed by atoms with Crippen molar-refractivity contribution in [3.05, 3.63) is 0 Å². The van der Waals surface area contributed by atoms with Gasteiger partial charge in [-0.25, -0.2) is 0 Å². The number of carbonyl (C=O) groups excluding carboxylic acids is 1. The smallest absolute Gasteiger partial charge is 0.146 e. The SMILES string of the molecule is CCNC(C(C)=O)C(C)C. The van der Waals surface area contributed by atoms with Crippen LogP contribution in [0.3, 0.4) is 0 Å². The Bertz CT molecular complexity index is 110. The number of likely N-dealkylation sites (N-methyl/N-ethyl adjacent to an activating group) is 1. The summed E-state index contributed by atoms with van der Waals surface area (Å²) >= 11 is 0. The van der Waals surface area contributed by atoms with Crippen LogP contribution in [-0.4, -0.2) is 18.4 Å². The lowest BCUT2D eigenvalue weighted by molar-refractivity contribution is -0.119. The molecule has 1 N–H and O–H groups in total. The zero-order valence-electron chi connectivity index (χ0n) is 7.27. The molecule has 0 aromatic rings. The van der Waals surface area contributed by atoms with Crippen molar-refractivity contribution >= 4 is 5.78 Å². The minimum atomic E-state index is 0.0463. The summed E-state index contributed by atoms with van der Waals surface area (Å²) in [5.41, 5.74) is 0. The second-order valence-corrected chi connectivity index (χ2v) is 2.89. The van der Waals surface area contributed by atoms with E-state index in [1.165, 1.54) is 0 Å². The zero-order chi connectivity index (χ0) is 8.15. The number of nitrogens with one attached hydrogen (secondary N) is 1. The van der Waals surface area contributed by atoms with Gasteiger partial charge in [0.05, 0.1) is 6.04 Å². The summed E-state index contributed by atoms with van der Waals surface area (Å²) in [6.45, 7) is 8.61. The van der Waals surface area contributed by atoms with Crippen LogP contribution in [0.5, 0.6) is 0 Å². The lowest BCUT2D eigenvalue weighted by atomic mass is 10.0. The van der Waals surface area contributed by atoms with Gasteiger partial charge in [-0.1, -0.05) is 20.8 Å². The molecule has 2 heteroatoms. The molecule has 0 radical (unpaired) electrons. The summed E-state index contributed by atoms with van der Waals surface area (Å²) in [4.78, 5) is 10.9. The minimum absolute atomic E-state index is 0.0463. The standard InChI is InChI=1S/C8H17NO/c1-5-9-8(6(2)3)7(4)10/h6,8-9H,5H2,1-4H3. The van der Waals surface area contributed by atoms with Crippen LogP contribution in [0.1, 0.15) is 27.7 Å². The highest BCUT2D eigenvalue weighted by molar-refractivity contribution is 5.81. The van der Waals surface area contributed by atoms with Gasteiger partial charge in [0.15, 0.2) is 0 Å². The predicted octanol–water partition coefficient (Wildman–Crippen LogP) is 1.21. The summed E-state index contributed by atoms with van der Waals surface area (Å²) in [7, 11) is 0. The average molecular weight is 143 g/mol. The Hall–Kier alpha value is -0.370. The molecule has 0 fully saturated rings. The van der Waals surface area contributed by atoms with Crippen molar-refractivity contribution in [3.8, 4) is 0 Å². The van der Waals surface area contributed by atoms with Gasteiger partial charge in [-0.05, 0) is 19.4 Å². The third-order valence-corrected chi connectivity index (χ3v) is 1.53. The highest BCUT2D eigenvalue weighted by Gasteiger charge is 2.15. The molecule has 1 atom stereocenters. The van der Waals surface area contributed by atoms with Gasteiger partial charge in [-0.2, -0.15) is 0 Å². The Morgan fingerprint density at radius 1 is 1.50 bits per heavy atom. The molecule has 60 valence electrons. The van der Waals surface area contributed by atoms with Gasteiger partial charge in [0, 0.05) is 0 Å². The van der Waals surface area contributed by atoms with Crippen LogP contribution in [0.4, 0.5) is 0 Å². The quantitative estimate of drug-likeness (QED) is 0.641. The summed E-state index contributed by atoms with van der Waals surface area (Å²) in [6.07, 6.45) is 0. The molecule has 0 spiro atoms. The molecule has 0 bridgehead atoms. The van der Waals surface area contributed by atoms with Gasteiger partial charge in [0.25, 0.3) is 0 Å². The molecule has 0 aromatic carbocycles. The molecule has 0 amide bonds. The molecule has 0 heterocycles. The predicted molar refractivity (Wildman–Crippen MR) is 43.0 cm³/mol. The number of hydrogen-bond acceptors (Lipinski definition) is 2. The van der Waals surface area contributed by atoms with E-state index in [9.17, 15) is 4.79 Å². The maximum absolute atomic E-state index is 10.9. The van der Waals surface area contributed by atoms with E-state index in [2.05, 4.69) is 19.2 Å². The fraction of sp³-hybridized carbons (Fsp3) is 0.875. The molecule has 10 heavy (non-hydrogen) atoms. The van der Waals surface area contributed by atoms with Crippen LogP contribution in [0, 0.1) is 5.92 Å². The number of carbonyl (C=O) groups is 1. The third kappa shape index (κ3) is 2.97. The molecule has 0 saturated carbocycles. The first-order chi connectivity index (χ1) is 4.59. The Labute approximate surface area is 63.0 Å². The molecular formula is C8H17NO. The number of ketones is 1. The second-order valence-electron chi connectivity index (χ2n) is 2.89. The van der Waals surface area contributed by atoms with Crippen molar-refractivity contribution in [1.82, 2.24) is 5.32 Å². The van der Waals surface area contributed by atoms with Crippen molar-refractivity contribution in [3.63, 3.8) is 0 Å². The Balaban J connectivity index is 3.85. The highest BCUT2D eigenvalue weighted by atomic mass is 16.1. The lowest BCUT2D eigenvalue weighted by Crippen LogP contribution is -2.39. The van der Waals surface area contributed by atoms with Crippen molar-refractivity contribution < 1.29 is 4.79 Å². The number of rotatable bonds is 4. The van der Waals surface area contributed by atoms with E-state index in [-0.39, 0.29) is 11.8 Å². The van der Waals surface area contributed by atoms with Crippen LogP contribution in [0.25, 0.3) is 0 Å². The second kappa shape index (κ2) is 4.45. The maximum Gasteiger partial charge on any atom is 0.146 e. The van der Waals surface area contributed by atoms with E-state index in [0.717, 1.165) is 6.54 Å². The van der Waals surface area contributed by atoms with Gasteiger partial charge in [-0.15, -0.1) is 0 Å². The topological polar surface area (TPSA) is 29.1 Å². The monoisotopic (exact) mass is 143 g/mol. The van der Waals surface area contributed by atoms with E-state index in [1.54, 1.807) is 6.92 Å². The van der Waals surface area contributed by atoms with Gasteiger partial charge < -0.3 is 5.32 Å². The van der Waals surface area contributed by atoms with Crippen LogP contribution in [0.15, 0.2) is 0 Å². The van der Waals surface area contributed by atoms with Crippen LogP contribution < -0.4 is 5.32 Å². The van der Waals surface area contributed by atoms with Gasteiger partial charge in [0.1, 0.15) is 5.78 Å². The first-order valence-electron chi connectivity index (χ1n) is 3.83. The summed E-state index contributed by atoms with van der Waals surface area (Å²) in [6, 6.07) is 0.0463. The average Bonchev–Trinajstić information content (AvgIpc) is 1.81. The lowest BCUT2D eigenvalue weighted by Gasteiger charge is -2.17. The van der Waals surface area contributed by atoms with Gasteiger partial charge in [0.2, 0.25) is 0 Å². The fourth-order valence-electron chi connectivity index (χ4n) is 1.07. The van der Waals surface area contributed by atoms with Crippen LogP contribution in [0.2, 0.25) is 0 Å². The van der Waals surface area contributed by atoms with Crippen molar-refractivity contribution in [2.45, 2.75) is 33.7 Å². The third-order valence-electron chi connectivity index (χ3n) is 1.53. The normalized spacial score (nSPS) is 13.7. The Morgan fingerprint density at radius 3 is 2.10 bits per heavy atom. The van der Waals surface area contributed by atoms with E-state index >= 15 is 0 Å². The molecule has 0 aliphatic carbocycles. The van der Waals surface area contributed by atoms with E-state index < -0.39 is 0 Å². The Kier molecular flexibility index (Phi) is 4.28. The number of hydrogen-bond donors (Lipinski definition) is 1. The molecule has 0 aliphatic heterocycles. The molecule has 0 rings (SSSR count). The Morgan fingerprint density at radius 2 is 2.00 bits per heavy atom. The van der Waals surface area contributed by atoms with Gasteiger partial charge >= 0.3 is 0 Å². The number of Topliss-reactive ketones (excluding diaryl/α,β-unsaturated/α-hetero) is 1. The van der Waals surface area contributed by atoms with Crippen molar-refractivity contribution in [2.24, 2.45) is 5.92 Å². The molecule has 2 nitrogen and oxygen atoms in total. The molecule has 0 aromatic heterocycles. The molecule has 1 unspecified atom stereocenters. The van der Waals surface area contributed by atoms with Crippen molar-refractivity contribution in [1.29, 1.82) is 0 Å². The maximum atomic E-state index is 10.9. The van der Waals surface area contributed by atoms with Crippen molar-refractivity contribution in [2.75, 3.05) is 6.54 Å². The molecule has 0 saturated heterocycles. The van der Waals surface area contributed by atoms with E-state index in [0.29, 0.717) is 5.92 Å². The fourth-order valence-corrected chi connectivity index (χ4v) is 1.07. The van der Waals surface area contributed by atoms with E-state index in [4.69, 9.17) is 0 Å². The van der Waals surface area contributed by atoms with Crippen LogP contribution in [-0.2, 0) is 4.79 Å². The largest absolute Gasteiger partial charge is 0.308 e. The van der Waals surface area contributed by atoms with Crippen LogP contribution >= 0.6 is 0 Å². The molecule has 0 aliphatic rings. The first-order valence-corrected chi connectivity index (χ1v) is 3.83. The summed E-state index contributed by atoms with van der Waals surface area (Å²) in [5, 5.41) is 3.13. The first kappa shape index (κ1) is 9.63. The summed E-state index contributed by atoms with van der Waals surface area (Å²) in [5.74, 6) is 0.634. The van der Waals surface area contributed by atoms with E-state index in [1.807, 2.05) is 6.92 Å². The minimum Gasteiger partial charge on any atom is -0.308 e. The summed E-state index contributed by atoms with van der Waals surface area (Å²) < 4.78 is 0.